The molecule has 18 heavy (non-hydrogen) atoms. The first-order valence-corrected chi connectivity index (χ1v) is 6.49. The van der Waals surface area contributed by atoms with Crippen molar-refractivity contribution in [2.75, 3.05) is 0 Å². The van der Waals surface area contributed by atoms with Crippen molar-refractivity contribution >= 4 is 23.2 Å². The second-order valence-electron chi connectivity index (χ2n) is 4.28. The molecule has 0 bridgehead atoms. The molecule has 2 rings (SSSR count). The van der Waals surface area contributed by atoms with Gasteiger partial charge in [-0.15, -0.1) is 0 Å². The van der Waals surface area contributed by atoms with Crippen molar-refractivity contribution in [1.29, 1.82) is 0 Å². The summed E-state index contributed by atoms with van der Waals surface area (Å²) in [6, 6.07) is 9.62. The molecule has 2 aromatic rings. The summed E-state index contributed by atoms with van der Waals surface area (Å²) in [5.74, 6) is 0. The molecule has 0 saturated carbocycles. The minimum absolute atomic E-state index is 0.0476. The number of halogens is 2. The van der Waals surface area contributed by atoms with E-state index in [1.165, 1.54) is 0 Å². The highest BCUT2D eigenvalue weighted by Crippen LogP contribution is 2.23. The van der Waals surface area contributed by atoms with Crippen molar-refractivity contribution in [3.63, 3.8) is 0 Å². The van der Waals surface area contributed by atoms with Crippen molar-refractivity contribution in [2.45, 2.75) is 18.9 Å². The largest absolute Gasteiger partial charge is 0.327 e. The molecule has 2 N–H and O–H groups in total. The maximum absolute atomic E-state index is 6.12. The summed E-state index contributed by atoms with van der Waals surface area (Å²) < 4.78 is 0. The number of nitrogens with zero attached hydrogens (tertiary/aromatic N) is 1. The van der Waals surface area contributed by atoms with Crippen LogP contribution in [0.3, 0.4) is 0 Å². The van der Waals surface area contributed by atoms with Gasteiger partial charge >= 0.3 is 0 Å². The Morgan fingerprint density at radius 1 is 1.06 bits per heavy atom. The van der Waals surface area contributed by atoms with Crippen molar-refractivity contribution in [1.82, 2.24) is 4.98 Å². The lowest BCUT2D eigenvalue weighted by Gasteiger charge is -2.12. The smallest absolute Gasteiger partial charge is 0.0595 e. The molecule has 0 fully saturated rings. The molecular weight excluding hydrogens is 267 g/mol. The summed E-state index contributed by atoms with van der Waals surface area (Å²) in [6.07, 6.45) is 5.17. The SMILES string of the molecule is NC(Cc1cccnc1)Cc1ccc(Cl)c(Cl)c1. The molecule has 94 valence electrons. The molecule has 1 atom stereocenters. The van der Waals surface area contributed by atoms with Gasteiger partial charge in [0.1, 0.15) is 0 Å². The lowest BCUT2D eigenvalue weighted by Crippen LogP contribution is -2.25. The third-order valence-corrected chi connectivity index (χ3v) is 3.44. The zero-order valence-corrected chi connectivity index (χ0v) is 11.3. The van der Waals surface area contributed by atoms with Crippen LogP contribution in [0.2, 0.25) is 10.0 Å². The Kier molecular flexibility index (Phi) is 4.59. The first kappa shape index (κ1) is 13.3. The third kappa shape index (κ3) is 3.70. The standard InChI is InChI=1S/C14H14Cl2N2/c15-13-4-3-10(8-14(13)16)6-12(17)7-11-2-1-5-18-9-11/h1-5,8-9,12H,6-7,17H2. The van der Waals surface area contributed by atoms with Crippen LogP contribution in [0.15, 0.2) is 42.7 Å². The topological polar surface area (TPSA) is 38.9 Å². The van der Waals surface area contributed by atoms with Crippen molar-refractivity contribution < 1.29 is 0 Å². The number of rotatable bonds is 4. The molecule has 4 heteroatoms. The molecule has 0 spiro atoms. The average molecular weight is 281 g/mol. The van der Waals surface area contributed by atoms with Crippen LogP contribution < -0.4 is 5.73 Å². The molecule has 1 heterocycles. The van der Waals surface area contributed by atoms with Crippen LogP contribution in [0.4, 0.5) is 0 Å². The van der Waals surface area contributed by atoms with E-state index < -0.39 is 0 Å². The van der Waals surface area contributed by atoms with Crippen molar-refractivity contribution in [3.05, 3.63) is 63.9 Å². The monoisotopic (exact) mass is 280 g/mol. The summed E-state index contributed by atoms with van der Waals surface area (Å²) in [7, 11) is 0. The van der Waals surface area contributed by atoms with E-state index in [2.05, 4.69) is 4.98 Å². The Balaban J connectivity index is 1.99. The predicted octanol–water partition coefficient (Wildman–Crippen LogP) is 3.50. The lowest BCUT2D eigenvalue weighted by atomic mass is 10.0. The zero-order chi connectivity index (χ0) is 13.0. The maximum Gasteiger partial charge on any atom is 0.0595 e. The van der Waals surface area contributed by atoms with Gasteiger partial charge < -0.3 is 5.73 Å². The Labute approximate surface area is 117 Å². The molecule has 0 amide bonds. The molecular formula is C14H14Cl2N2. The van der Waals surface area contributed by atoms with Gasteiger partial charge in [-0.25, -0.2) is 0 Å². The lowest BCUT2D eigenvalue weighted by molar-refractivity contribution is 0.663. The number of nitrogens with two attached hydrogens (primary N) is 1. The van der Waals surface area contributed by atoms with E-state index in [9.17, 15) is 0 Å². The van der Waals surface area contributed by atoms with E-state index in [0.29, 0.717) is 10.0 Å². The summed E-state index contributed by atoms with van der Waals surface area (Å²) >= 11 is 11.9. The molecule has 1 aromatic carbocycles. The van der Waals surface area contributed by atoms with Crippen LogP contribution >= 0.6 is 23.2 Å². The minimum atomic E-state index is 0.0476. The highest BCUT2D eigenvalue weighted by molar-refractivity contribution is 6.42. The van der Waals surface area contributed by atoms with Gasteiger partial charge in [0, 0.05) is 18.4 Å². The van der Waals surface area contributed by atoms with E-state index in [-0.39, 0.29) is 6.04 Å². The van der Waals surface area contributed by atoms with E-state index in [4.69, 9.17) is 28.9 Å². The zero-order valence-electron chi connectivity index (χ0n) is 9.81. The molecule has 0 aliphatic heterocycles. The normalized spacial score (nSPS) is 12.4. The summed E-state index contributed by atoms with van der Waals surface area (Å²) in [5.41, 5.74) is 8.36. The highest BCUT2D eigenvalue weighted by atomic mass is 35.5. The number of hydrogen-bond donors (Lipinski definition) is 1. The number of benzene rings is 1. The molecule has 0 aliphatic carbocycles. The molecule has 0 saturated heterocycles. The van der Waals surface area contributed by atoms with Gasteiger partial charge in [-0.2, -0.15) is 0 Å². The Morgan fingerprint density at radius 2 is 1.83 bits per heavy atom. The van der Waals surface area contributed by atoms with Gasteiger partial charge in [0.2, 0.25) is 0 Å². The number of pyridine rings is 1. The number of aromatic nitrogens is 1. The predicted molar refractivity (Wildman–Crippen MR) is 76.1 cm³/mol. The molecule has 1 aromatic heterocycles. The van der Waals surface area contributed by atoms with E-state index in [0.717, 1.165) is 24.0 Å². The second-order valence-corrected chi connectivity index (χ2v) is 5.09. The molecule has 2 nitrogen and oxygen atoms in total. The van der Waals surface area contributed by atoms with Crippen LogP contribution in [0, 0.1) is 0 Å². The van der Waals surface area contributed by atoms with Crippen LogP contribution in [-0.2, 0) is 12.8 Å². The fraction of sp³-hybridized carbons (Fsp3) is 0.214. The molecule has 1 unspecified atom stereocenters. The third-order valence-electron chi connectivity index (χ3n) is 2.70. The maximum atomic E-state index is 6.12. The Bertz CT molecular complexity index is 514. The Hall–Kier alpha value is -1.09. The number of hydrogen-bond acceptors (Lipinski definition) is 2. The van der Waals surface area contributed by atoms with Crippen molar-refractivity contribution in [2.24, 2.45) is 5.73 Å². The highest BCUT2D eigenvalue weighted by Gasteiger charge is 2.07. The molecule has 0 radical (unpaired) electrons. The molecule has 0 aliphatic rings. The fourth-order valence-electron chi connectivity index (χ4n) is 1.86. The van der Waals surface area contributed by atoms with Crippen LogP contribution in [0.1, 0.15) is 11.1 Å². The van der Waals surface area contributed by atoms with Gasteiger partial charge in [0.15, 0.2) is 0 Å². The van der Waals surface area contributed by atoms with Crippen LogP contribution in [-0.4, -0.2) is 11.0 Å². The summed E-state index contributed by atoms with van der Waals surface area (Å²) in [4.78, 5) is 4.08. The van der Waals surface area contributed by atoms with Gasteiger partial charge in [0.25, 0.3) is 0 Å². The van der Waals surface area contributed by atoms with Crippen LogP contribution in [0.5, 0.6) is 0 Å². The van der Waals surface area contributed by atoms with E-state index >= 15 is 0 Å². The fourth-order valence-corrected chi connectivity index (χ4v) is 2.18. The first-order valence-electron chi connectivity index (χ1n) is 5.73. The summed E-state index contributed by atoms with van der Waals surface area (Å²) in [6.45, 7) is 0. The second kappa shape index (κ2) is 6.19. The van der Waals surface area contributed by atoms with Crippen LogP contribution in [0.25, 0.3) is 0 Å². The van der Waals surface area contributed by atoms with E-state index in [1.54, 1.807) is 12.3 Å². The van der Waals surface area contributed by atoms with Gasteiger partial charge in [0.05, 0.1) is 10.0 Å². The van der Waals surface area contributed by atoms with E-state index in [1.807, 2.05) is 30.5 Å². The van der Waals surface area contributed by atoms with Crippen molar-refractivity contribution in [3.8, 4) is 0 Å². The minimum Gasteiger partial charge on any atom is -0.327 e. The first-order chi connectivity index (χ1) is 8.65. The van der Waals surface area contributed by atoms with Gasteiger partial charge in [-0.05, 0) is 42.2 Å². The summed E-state index contributed by atoms with van der Waals surface area (Å²) in [5, 5.41) is 1.14. The quantitative estimate of drug-likeness (QED) is 0.931. The van der Waals surface area contributed by atoms with Gasteiger partial charge in [-0.1, -0.05) is 35.3 Å². The van der Waals surface area contributed by atoms with Gasteiger partial charge in [-0.3, -0.25) is 4.98 Å². The Morgan fingerprint density at radius 3 is 2.50 bits per heavy atom. The average Bonchev–Trinajstić information content (AvgIpc) is 2.35.